The number of nitrogens with one attached hydrogen (secondary N) is 1. The van der Waals surface area contributed by atoms with E-state index in [9.17, 15) is 9.18 Å². The van der Waals surface area contributed by atoms with Gasteiger partial charge in [-0.25, -0.2) is 4.39 Å². The highest BCUT2D eigenvalue weighted by Gasteiger charge is 2.14. The molecule has 0 aromatic heterocycles. The molecule has 1 aromatic rings. The van der Waals surface area contributed by atoms with Crippen molar-refractivity contribution in [2.24, 2.45) is 5.73 Å². The average molecular weight is 238 g/mol. The van der Waals surface area contributed by atoms with Gasteiger partial charge in [-0.2, -0.15) is 0 Å². The monoisotopic (exact) mass is 238 g/mol. The zero-order valence-electron chi connectivity index (χ0n) is 10.3. The summed E-state index contributed by atoms with van der Waals surface area (Å²) in [6.07, 6.45) is 1.55. The molecule has 1 atom stereocenters. The number of amides is 1. The summed E-state index contributed by atoms with van der Waals surface area (Å²) < 4.78 is 13.1. The molecule has 0 bridgehead atoms. The Bertz CT molecular complexity index is 393. The molecule has 3 N–H and O–H groups in total. The van der Waals surface area contributed by atoms with Crippen LogP contribution >= 0.6 is 0 Å². The first kappa shape index (κ1) is 13.6. The fourth-order valence-electron chi connectivity index (χ4n) is 1.68. The normalized spacial score (nSPS) is 12.2. The van der Waals surface area contributed by atoms with E-state index in [1.165, 1.54) is 12.1 Å². The number of rotatable bonds is 5. The molecule has 0 heterocycles. The predicted octanol–water partition coefficient (Wildman–Crippen LogP) is 1.99. The van der Waals surface area contributed by atoms with E-state index in [1.807, 2.05) is 6.92 Å². The lowest BCUT2D eigenvalue weighted by molar-refractivity contribution is 0.0933. The Balaban J connectivity index is 2.78. The van der Waals surface area contributed by atoms with Crippen LogP contribution in [0.3, 0.4) is 0 Å². The maximum atomic E-state index is 13.1. The lowest BCUT2D eigenvalue weighted by Crippen LogP contribution is -2.36. The second kappa shape index (κ2) is 6.35. The molecule has 0 radical (unpaired) electrons. The molecule has 17 heavy (non-hydrogen) atoms. The Kier molecular flexibility index (Phi) is 5.10. The van der Waals surface area contributed by atoms with Crippen molar-refractivity contribution < 1.29 is 9.18 Å². The molecule has 94 valence electrons. The number of carbonyl (C=O) groups excluding carboxylic acids is 1. The topological polar surface area (TPSA) is 55.1 Å². The second-order valence-electron chi connectivity index (χ2n) is 4.12. The van der Waals surface area contributed by atoms with Gasteiger partial charge in [0.2, 0.25) is 0 Å². The van der Waals surface area contributed by atoms with Crippen molar-refractivity contribution in [3.63, 3.8) is 0 Å². The third kappa shape index (κ3) is 3.82. The van der Waals surface area contributed by atoms with E-state index < -0.39 is 5.82 Å². The first-order valence-corrected chi connectivity index (χ1v) is 5.85. The van der Waals surface area contributed by atoms with Gasteiger partial charge < -0.3 is 11.1 Å². The van der Waals surface area contributed by atoms with Gasteiger partial charge in [-0.05, 0) is 44.0 Å². The summed E-state index contributed by atoms with van der Waals surface area (Å²) in [5.41, 5.74) is 6.62. The van der Waals surface area contributed by atoms with Gasteiger partial charge in [0.25, 0.3) is 5.91 Å². The molecular formula is C13H19FN2O. The van der Waals surface area contributed by atoms with Gasteiger partial charge in [0.15, 0.2) is 0 Å². The van der Waals surface area contributed by atoms with Gasteiger partial charge in [0.1, 0.15) is 5.82 Å². The van der Waals surface area contributed by atoms with Crippen LogP contribution in [0.2, 0.25) is 0 Å². The summed E-state index contributed by atoms with van der Waals surface area (Å²) in [5, 5.41) is 2.87. The standard InChI is InChI=1S/C13H19FN2O/c1-3-11(6-7-15)16-13(17)12-8-10(14)5-4-9(12)2/h4-5,8,11H,3,6-7,15H2,1-2H3,(H,16,17). The van der Waals surface area contributed by atoms with Gasteiger partial charge in [0.05, 0.1) is 0 Å². The Hall–Kier alpha value is -1.42. The van der Waals surface area contributed by atoms with Gasteiger partial charge >= 0.3 is 0 Å². The molecule has 1 rings (SSSR count). The Labute approximate surface area is 101 Å². The highest BCUT2D eigenvalue weighted by Crippen LogP contribution is 2.11. The van der Waals surface area contributed by atoms with E-state index in [1.54, 1.807) is 13.0 Å². The Morgan fingerprint density at radius 2 is 2.24 bits per heavy atom. The number of nitrogens with two attached hydrogens (primary N) is 1. The summed E-state index contributed by atoms with van der Waals surface area (Å²) in [5.74, 6) is -0.630. The van der Waals surface area contributed by atoms with Crippen LogP contribution in [0.5, 0.6) is 0 Å². The van der Waals surface area contributed by atoms with Crippen LogP contribution in [0.25, 0.3) is 0 Å². The number of hydrogen-bond acceptors (Lipinski definition) is 2. The SMILES string of the molecule is CCC(CCN)NC(=O)c1cc(F)ccc1C. The highest BCUT2D eigenvalue weighted by molar-refractivity contribution is 5.95. The van der Waals surface area contributed by atoms with Crippen molar-refractivity contribution in [3.05, 3.63) is 35.1 Å². The third-order valence-electron chi connectivity index (χ3n) is 2.79. The minimum Gasteiger partial charge on any atom is -0.349 e. The molecule has 0 spiro atoms. The molecule has 0 aliphatic rings. The smallest absolute Gasteiger partial charge is 0.251 e. The van der Waals surface area contributed by atoms with Gasteiger partial charge in [0, 0.05) is 11.6 Å². The molecule has 3 nitrogen and oxygen atoms in total. The molecule has 4 heteroatoms. The van der Waals surface area contributed by atoms with E-state index in [0.717, 1.165) is 18.4 Å². The summed E-state index contributed by atoms with van der Waals surface area (Å²) >= 11 is 0. The summed E-state index contributed by atoms with van der Waals surface area (Å²) in [4.78, 5) is 11.9. The lowest BCUT2D eigenvalue weighted by atomic mass is 10.1. The van der Waals surface area contributed by atoms with Crippen LogP contribution in [0.4, 0.5) is 4.39 Å². The first-order chi connectivity index (χ1) is 8.08. The quantitative estimate of drug-likeness (QED) is 0.824. The van der Waals surface area contributed by atoms with E-state index in [4.69, 9.17) is 5.73 Å². The molecule has 0 aliphatic carbocycles. The number of benzene rings is 1. The Morgan fingerprint density at radius 3 is 2.82 bits per heavy atom. The van der Waals surface area contributed by atoms with Crippen LogP contribution < -0.4 is 11.1 Å². The average Bonchev–Trinajstić information content (AvgIpc) is 2.31. The maximum absolute atomic E-state index is 13.1. The molecule has 1 aromatic carbocycles. The van der Waals surface area contributed by atoms with Crippen molar-refractivity contribution in [2.45, 2.75) is 32.7 Å². The van der Waals surface area contributed by atoms with E-state index in [2.05, 4.69) is 5.32 Å². The van der Waals surface area contributed by atoms with E-state index in [-0.39, 0.29) is 11.9 Å². The number of carbonyl (C=O) groups is 1. The first-order valence-electron chi connectivity index (χ1n) is 5.85. The van der Waals surface area contributed by atoms with Crippen molar-refractivity contribution >= 4 is 5.91 Å². The van der Waals surface area contributed by atoms with Crippen molar-refractivity contribution in [1.29, 1.82) is 0 Å². The van der Waals surface area contributed by atoms with Crippen molar-refractivity contribution in [1.82, 2.24) is 5.32 Å². The van der Waals surface area contributed by atoms with Crippen LogP contribution in [0.1, 0.15) is 35.7 Å². The number of hydrogen-bond donors (Lipinski definition) is 2. The van der Waals surface area contributed by atoms with Crippen LogP contribution in [-0.4, -0.2) is 18.5 Å². The molecule has 0 saturated heterocycles. The fraction of sp³-hybridized carbons (Fsp3) is 0.462. The minimum atomic E-state index is -0.396. The summed E-state index contributed by atoms with van der Waals surface area (Å²) in [7, 11) is 0. The molecule has 0 aliphatic heterocycles. The molecule has 1 unspecified atom stereocenters. The Morgan fingerprint density at radius 1 is 1.53 bits per heavy atom. The molecule has 0 fully saturated rings. The lowest BCUT2D eigenvalue weighted by Gasteiger charge is -2.16. The predicted molar refractivity (Wildman–Crippen MR) is 66.4 cm³/mol. The maximum Gasteiger partial charge on any atom is 0.251 e. The molecule has 1 amide bonds. The number of halogens is 1. The van der Waals surface area contributed by atoms with Gasteiger partial charge in [-0.15, -0.1) is 0 Å². The minimum absolute atomic E-state index is 0.0511. The fourth-order valence-corrected chi connectivity index (χ4v) is 1.68. The molecular weight excluding hydrogens is 219 g/mol. The van der Waals surface area contributed by atoms with Crippen LogP contribution in [0.15, 0.2) is 18.2 Å². The van der Waals surface area contributed by atoms with E-state index in [0.29, 0.717) is 12.1 Å². The summed E-state index contributed by atoms with van der Waals surface area (Å²) in [6, 6.07) is 4.27. The van der Waals surface area contributed by atoms with Crippen molar-refractivity contribution in [2.75, 3.05) is 6.54 Å². The zero-order chi connectivity index (χ0) is 12.8. The second-order valence-corrected chi connectivity index (χ2v) is 4.12. The van der Waals surface area contributed by atoms with E-state index >= 15 is 0 Å². The summed E-state index contributed by atoms with van der Waals surface area (Å²) in [6.45, 7) is 4.30. The highest BCUT2D eigenvalue weighted by atomic mass is 19.1. The molecule has 0 saturated carbocycles. The van der Waals surface area contributed by atoms with Gasteiger partial charge in [-0.3, -0.25) is 4.79 Å². The third-order valence-corrected chi connectivity index (χ3v) is 2.79. The van der Waals surface area contributed by atoms with Crippen LogP contribution in [-0.2, 0) is 0 Å². The van der Waals surface area contributed by atoms with Crippen molar-refractivity contribution in [3.8, 4) is 0 Å². The number of aryl methyl sites for hydroxylation is 1. The zero-order valence-corrected chi connectivity index (χ0v) is 10.3. The largest absolute Gasteiger partial charge is 0.349 e. The van der Waals surface area contributed by atoms with Crippen LogP contribution in [0, 0.1) is 12.7 Å². The van der Waals surface area contributed by atoms with Gasteiger partial charge in [-0.1, -0.05) is 13.0 Å².